The van der Waals surface area contributed by atoms with Crippen LogP contribution in [0.5, 0.6) is 0 Å². The van der Waals surface area contributed by atoms with Gasteiger partial charge in [-0.05, 0) is 35.2 Å². The number of nitrogens with one attached hydrogen (secondary N) is 2. The van der Waals surface area contributed by atoms with Crippen LogP contribution in [0.3, 0.4) is 0 Å². The fourth-order valence-electron chi connectivity index (χ4n) is 2.30. The lowest BCUT2D eigenvalue weighted by atomic mass is 9.87. The number of para-hydroxylation sites is 1. The van der Waals surface area contributed by atoms with Crippen LogP contribution in [-0.2, 0) is 19.7 Å². The van der Waals surface area contributed by atoms with Crippen LogP contribution in [0, 0.1) is 0 Å². The van der Waals surface area contributed by atoms with Crippen molar-refractivity contribution in [3.63, 3.8) is 0 Å². The van der Waals surface area contributed by atoms with E-state index < -0.39 is 17.8 Å². The van der Waals surface area contributed by atoms with Gasteiger partial charge >= 0.3 is 17.8 Å². The molecule has 0 aliphatic heterocycles. The molecule has 6 heteroatoms. The fraction of sp³-hybridized carbons (Fsp3) is 0.250. The normalized spacial score (nSPS) is 10.8. The molecular weight excluding hydrogens is 332 g/mol. The number of ether oxygens (including phenoxy) is 1. The molecule has 0 bridgehead atoms. The van der Waals surface area contributed by atoms with Crippen LogP contribution in [0.15, 0.2) is 48.5 Å². The minimum Gasteiger partial charge on any atom is -0.465 e. The summed E-state index contributed by atoms with van der Waals surface area (Å²) in [4.78, 5) is 36.0. The van der Waals surface area contributed by atoms with Crippen molar-refractivity contribution < 1.29 is 19.1 Å². The summed E-state index contributed by atoms with van der Waals surface area (Å²) in [6.45, 7) is 6.27. The van der Waals surface area contributed by atoms with E-state index in [0.29, 0.717) is 5.69 Å². The first-order valence-electron chi connectivity index (χ1n) is 8.12. The summed E-state index contributed by atoms with van der Waals surface area (Å²) >= 11 is 0. The van der Waals surface area contributed by atoms with Crippen LogP contribution in [0.25, 0.3) is 0 Å². The highest BCUT2D eigenvalue weighted by Crippen LogP contribution is 2.23. The minimum atomic E-state index is -0.874. The van der Waals surface area contributed by atoms with E-state index in [0.717, 1.165) is 5.56 Å². The number of hydrogen-bond donors (Lipinski definition) is 2. The number of carbonyl (C=O) groups is 3. The molecule has 136 valence electrons. The molecule has 6 nitrogen and oxygen atoms in total. The molecule has 0 radical (unpaired) electrons. The molecule has 0 aliphatic rings. The molecule has 26 heavy (non-hydrogen) atoms. The van der Waals surface area contributed by atoms with Gasteiger partial charge in [0.1, 0.15) is 0 Å². The van der Waals surface area contributed by atoms with Crippen molar-refractivity contribution in [2.45, 2.75) is 26.2 Å². The summed E-state index contributed by atoms with van der Waals surface area (Å²) in [6.07, 6.45) is 0. The number of hydrogen-bond acceptors (Lipinski definition) is 4. The first kappa shape index (κ1) is 19.2. The van der Waals surface area contributed by atoms with Gasteiger partial charge in [-0.15, -0.1) is 0 Å². The Labute approximate surface area is 152 Å². The van der Waals surface area contributed by atoms with E-state index in [1.54, 1.807) is 24.3 Å². The third kappa shape index (κ3) is 4.69. The number of benzene rings is 2. The minimum absolute atomic E-state index is 0.00247. The number of esters is 1. The van der Waals surface area contributed by atoms with Crippen molar-refractivity contribution in [2.75, 3.05) is 17.7 Å². The number of methoxy groups -OCH3 is 1. The van der Waals surface area contributed by atoms with Gasteiger partial charge in [0, 0.05) is 5.69 Å². The van der Waals surface area contributed by atoms with E-state index in [9.17, 15) is 14.4 Å². The van der Waals surface area contributed by atoms with Gasteiger partial charge in [0.25, 0.3) is 0 Å². The van der Waals surface area contributed by atoms with Gasteiger partial charge in [0.15, 0.2) is 0 Å². The van der Waals surface area contributed by atoms with Crippen molar-refractivity contribution in [1.29, 1.82) is 0 Å². The Hall–Kier alpha value is -3.15. The maximum atomic E-state index is 12.1. The van der Waals surface area contributed by atoms with Gasteiger partial charge in [-0.3, -0.25) is 9.59 Å². The second-order valence-corrected chi connectivity index (χ2v) is 6.77. The molecule has 0 fully saturated rings. The molecule has 0 heterocycles. The van der Waals surface area contributed by atoms with Crippen LogP contribution >= 0.6 is 0 Å². The van der Waals surface area contributed by atoms with Crippen LogP contribution < -0.4 is 10.6 Å². The smallest absolute Gasteiger partial charge is 0.339 e. The molecule has 0 aromatic heterocycles. The van der Waals surface area contributed by atoms with E-state index in [-0.39, 0.29) is 16.7 Å². The predicted octanol–water partition coefficient (Wildman–Crippen LogP) is 3.35. The lowest BCUT2D eigenvalue weighted by Gasteiger charge is -2.19. The standard InChI is InChI=1S/C20H22N2O4/c1-20(2,3)13-9-11-14(12-10-13)21-17(23)18(24)22-16-8-6-5-7-15(16)19(25)26-4/h5-12H,1-4H3,(H,21,23)(H,22,24). The predicted molar refractivity (Wildman–Crippen MR) is 100 cm³/mol. The third-order valence-electron chi connectivity index (χ3n) is 3.80. The average molecular weight is 354 g/mol. The molecule has 0 saturated heterocycles. The van der Waals surface area contributed by atoms with Gasteiger partial charge in [-0.2, -0.15) is 0 Å². The molecule has 2 amide bonds. The molecular formula is C20H22N2O4. The van der Waals surface area contributed by atoms with Crippen molar-refractivity contribution in [3.05, 3.63) is 59.7 Å². The molecule has 2 aromatic carbocycles. The van der Waals surface area contributed by atoms with Gasteiger partial charge in [0.05, 0.1) is 18.4 Å². The molecule has 2 N–H and O–H groups in total. The lowest BCUT2D eigenvalue weighted by molar-refractivity contribution is -0.133. The molecule has 0 atom stereocenters. The van der Waals surface area contributed by atoms with E-state index in [2.05, 4.69) is 36.1 Å². The fourth-order valence-corrected chi connectivity index (χ4v) is 2.30. The third-order valence-corrected chi connectivity index (χ3v) is 3.80. The summed E-state index contributed by atoms with van der Waals surface area (Å²) in [7, 11) is 1.24. The van der Waals surface area contributed by atoms with Crippen LogP contribution in [0.2, 0.25) is 0 Å². The number of rotatable bonds is 3. The Morgan fingerprint density at radius 3 is 2.00 bits per heavy atom. The first-order chi connectivity index (χ1) is 12.2. The first-order valence-corrected chi connectivity index (χ1v) is 8.12. The van der Waals surface area contributed by atoms with Gasteiger partial charge in [-0.1, -0.05) is 45.0 Å². The summed E-state index contributed by atoms with van der Waals surface area (Å²) < 4.78 is 4.66. The highest BCUT2D eigenvalue weighted by atomic mass is 16.5. The zero-order valence-corrected chi connectivity index (χ0v) is 15.3. The molecule has 0 saturated carbocycles. The maximum absolute atomic E-state index is 12.1. The maximum Gasteiger partial charge on any atom is 0.339 e. The SMILES string of the molecule is COC(=O)c1ccccc1NC(=O)C(=O)Nc1ccc(C(C)(C)C)cc1. The lowest BCUT2D eigenvalue weighted by Crippen LogP contribution is -2.29. The summed E-state index contributed by atoms with van der Waals surface area (Å²) in [5.74, 6) is -2.30. The number of amides is 2. The monoisotopic (exact) mass is 354 g/mol. The topological polar surface area (TPSA) is 84.5 Å². The molecule has 0 spiro atoms. The van der Waals surface area contributed by atoms with E-state index in [4.69, 9.17) is 0 Å². The Morgan fingerprint density at radius 1 is 0.846 bits per heavy atom. The van der Waals surface area contributed by atoms with Crippen LogP contribution in [0.1, 0.15) is 36.7 Å². The summed E-state index contributed by atoms with van der Waals surface area (Å²) in [5.41, 5.74) is 2.01. The molecule has 0 unspecified atom stereocenters. The Balaban J connectivity index is 2.07. The Kier molecular flexibility index (Phi) is 5.77. The van der Waals surface area contributed by atoms with Crippen LogP contribution in [-0.4, -0.2) is 24.9 Å². The van der Waals surface area contributed by atoms with Crippen molar-refractivity contribution in [1.82, 2.24) is 0 Å². The summed E-state index contributed by atoms with van der Waals surface area (Å²) in [5, 5.41) is 4.97. The van der Waals surface area contributed by atoms with Crippen LogP contribution in [0.4, 0.5) is 11.4 Å². The zero-order chi connectivity index (χ0) is 19.3. The second-order valence-electron chi connectivity index (χ2n) is 6.77. The largest absolute Gasteiger partial charge is 0.465 e. The van der Waals surface area contributed by atoms with E-state index in [1.807, 2.05) is 12.1 Å². The van der Waals surface area contributed by atoms with Gasteiger partial charge < -0.3 is 15.4 Å². The van der Waals surface area contributed by atoms with E-state index in [1.165, 1.54) is 19.2 Å². The van der Waals surface area contributed by atoms with E-state index >= 15 is 0 Å². The van der Waals surface area contributed by atoms with Crippen molar-refractivity contribution >= 4 is 29.2 Å². The summed E-state index contributed by atoms with van der Waals surface area (Å²) in [6, 6.07) is 13.6. The van der Waals surface area contributed by atoms with Crippen molar-refractivity contribution in [2.24, 2.45) is 0 Å². The number of carbonyl (C=O) groups excluding carboxylic acids is 3. The molecule has 2 rings (SSSR count). The molecule has 2 aromatic rings. The van der Waals surface area contributed by atoms with Gasteiger partial charge in [-0.25, -0.2) is 4.79 Å². The quantitative estimate of drug-likeness (QED) is 0.654. The van der Waals surface area contributed by atoms with Crippen molar-refractivity contribution in [3.8, 4) is 0 Å². The number of anilines is 2. The average Bonchev–Trinajstić information content (AvgIpc) is 2.61. The molecule has 0 aliphatic carbocycles. The Bertz CT molecular complexity index is 820. The zero-order valence-electron chi connectivity index (χ0n) is 15.3. The van der Waals surface area contributed by atoms with Gasteiger partial charge in [0.2, 0.25) is 0 Å². The second kappa shape index (κ2) is 7.82. The Morgan fingerprint density at radius 2 is 1.42 bits per heavy atom. The highest BCUT2D eigenvalue weighted by molar-refractivity contribution is 6.43. The highest BCUT2D eigenvalue weighted by Gasteiger charge is 2.19.